The van der Waals surface area contributed by atoms with Crippen molar-refractivity contribution < 1.29 is 18.8 Å². The van der Waals surface area contributed by atoms with Crippen LogP contribution in [0.15, 0.2) is 59.1 Å². The van der Waals surface area contributed by atoms with E-state index in [-0.39, 0.29) is 18.9 Å². The van der Waals surface area contributed by atoms with Crippen LogP contribution in [0.25, 0.3) is 11.3 Å². The number of carbonyl (C=O) groups is 2. The van der Waals surface area contributed by atoms with E-state index in [2.05, 4.69) is 5.16 Å². The van der Waals surface area contributed by atoms with Crippen LogP contribution in [0, 0.1) is 19.8 Å². The van der Waals surface area contributed by atoms with Gasteiger partial charge in [-0.2, -0.15) is 0 Å². The standard InChI is InChI=1S/C23H22N2O4/c1-15-3-7-17(8-4-15)21-12-19(24-29-21)14-28-23(27)18-11-22(26)25(13-18)20-9-5-16(2)6-10-20/h3-10,12,18H,11,13-14H2,1-2H3/t18-/m1/s1. The zero-order chi connectivity index (χ0) is 20.4. The molecule has 2 aromatic carbocycles. The summed E-state index contributed by atoms with van der Waals surface area (Å²) < 4.78 is 10.7. The molecule has 4 rings (SSSR count). The average Bonchev–Trinajstić information content (AvgIpc) is 3.34. The third-order valence-electron chi connectivity index (χ3n) is 5.06. The van der Waals surface area contributed by atoms with Gasteiger partial charge in [-0.1, -0.05) is 52.7 Å². The number of ether oxygens (including phenoxy) is 1. The molecule has 29 heavy (non-hydrogen) atoms. The van der Waals surface area contributed by atoms with Crippen LogP contribution in [0.4, 0.5) is 5.69 Å². The fourth-order valence-corrected chi connectivity index (χ4v) is 3.34. The minimum absolute atomic E-state index is 0.0173. The number of esters is 1. The first-order valence-corrected chi connectivity index (χ1v) is 9.56. The minimum Gasteiger partial charge on any atom is -0.459 e. The highest BCUT2D eigenvalue weighted by molar-refractivity contribution is 5.99. The Kier molecular flexibility index (Phi) is 5.16. The zero-order valence-corrected chi connectivity index (χ0v) is 16.4. The molecule has 1 atom stereocenters. The summed E-state index contributed by atoms with van der Waals surface area (Å²) in [5, 5.41) is 3.97. The number of nitrogens with zero attached hydrogens (tertiary/aromatic N) is 2. The molecule has 148 valence electrons. The van der Waals surface area contributed by atoms with Gasteiger partial charge in [-0.3, -0.25) is 9.59 Å². The number of carbonyl (C=O) groups excluding carboxylic acids is 2. The monoisotopic (exact) mass is 390 g/mol. The van der Waals surface area contributed by atoms with Crippen LogP contribution >= 0.6 is 0 Å². The maximum absolute atomic E-state index is 12.4. The van der Waals surface area contributed by atoms with E-state index in [9.17, 15) is 9.59 Å². The van der Waals surface area contributed by atoms with Gasteiger partial charge in [-0.15, -0.1) is 0 Å². The fourth-order valence-electron chi connectivity index (χ4n) is 3.34. The van der Waals surface area contributed by atoms with Gasteiger partial charge in [-0.25, -0.2) is 0 Å². The smallest absolute Gasteiger partial charge is 0.311 e. The second kappa shape index (κ2) is 7.91. The van der Waals surface area contributed by atoms with E-state index >= 15 is 0 Å². The van der Waals surface area contributed by atoms with Crippen molar-refractivity contribution in [1.29, 1.82) is 0 Å². The molecular weight excluding hydrogens is 368 g/mol. The molecule has 0 aliphatic carbocycles. The van der Waals surface area contributed by atoms with Crippen LogP contribution in [0.5, 0.6) is 0 Å². The van der Waals surface area contributed by atoms with Gasteiger partial charge in [0.15, 0.2) is 5.76 Å². The molecular formula is C23H22N2O4. The van der Waals surface area contributed by atoms with Gasteiger partial charge in [0, 0.05) is 30.3 Å². The number of amides is 1. The lowest BCUT2D eigenvalue weighted by Gasteiger charge is -2.16. The molecule has 0 N–H and O–H groups in total. The lowest BCUT2D eigenvalue weighted by molar-refractivity contribution is -0.149. The molecule has 1 amide bonds. The molecule has 6 nitrogen and oxygen atoms in total. The first-order valence-electron chi connectivity index (χ1n) is 9.56. The quantitative estimate of drug-likeness (QED) is 0.615. The minimum atomic E-state index is -0.479. The van der Waals surface area contributed by atoms with Crippen molar-refractivity contribution in [3.05, 3.63) is 71.4 Å². The third-order valence-corrected chi connectivity index (χ3v) is 5.06. The summed E-state index contributed by atoms with van der Waals surface area (Å²) in [7, 11) is 0. The number of aromatic nitrogens is 1. The van der Waals surface area contributed by atoms with E-state index in [1.807, 2.05) is 62.4 Å². The summed E-state index contributed by atoms with van der Waals surface area (Å²) >= 11 is 0. The summed E-state index contributed by atoms with van der Waals surface area (Å²) in [5.41, 5.74) is 4.53. The van der Waals surface area contributed by atoms with Gasteiger partial charge >= 0.3 is 5.97 Å². The van der Waals surface area contributed by atoms with Gasteiger partial charge in [0.25, 0.3) is 0 Å². The lowest BCUT2D eigenvalue weighted by Crippen LogP contribution is -2.26. The molecule has 6 heteroatoms. The SMILES string of the molecule is Cc1ccc(-c2cc(COC(=O)[C@@H]3CC(=O)N(c4ccc(C)cc4)C3)no2)cc1. The van der Waals surface area contributed by atoms with Crippen LogP contribution in [-0.4, -0.2) is 23.6 Å². The number of anilines is 1. The second-order valence-corrected chi connectivity index (χ2v) is 7.40. The predicted molar refractivity (Wildman–Crippen MR) is 108 cm³/mol. The molecule has 2 heterocycles. The van der Waals surface area contributed by atoms with Crippen molar-refractivity contribution in [3.63, 3.8) is 0 Å². The number of hydrogen-bond acceptors (Lipinski definition) is 5. The van der Waals surface area contributed by atoms with Crippen LogP contribution < -0.4 is 4.90 Å². The van der Waals surface area contributed by atoms with Crippen molar-refractivity contribution >= 4 is 17.6 Å². The summed E-state index contributed by atoms with van der Waals surface area (Å²) in [6.07, 6.45) is 0.153. The van der Waals surface area contributed by atoms with Gasteiger partial charge in [-0.05, 0) is 26.0 Å². The molecule has 0 spiro atoms. The topological polar surface area (TPSA) is 72.6 Å². The molecule has 0 unspecified atom stereocenters. The Morgan fingerprint density at radius 2 is 1.76 bits per heavy atom. The van der Waals surface area contributed by atoms with Gasteiger partial charge in [0.2, 0.25) is 5.91 Å². The number of aryl methyl sites for hydroxylation is 2. The Hall–Kier alpha value is -3.41. The highest BCUT2D eigenvalue weighted by atomic mass is 16.5. The molecule has 1 fully saturated rings. The largest absolute Gasteiger partial charge is 0.459 e. The van der Waals surface area contributed by atoms with Crippen LogP contribution in [-0.2, 0) is 20.9 Å². The van der Waals surface area contributed by atoms with Crippen LogP contribution in [0.1, 0.15) is 23.2 Å². The van der Waals surface area contributed by atoms with Crippen molar-refractivity contribution in [2.45, 2.75) is 26.9 Å². The van der Waals surface area contributed by atoms with Crippen LogP contribution in [0.3, 0.4) is 0 Å². The molecule has 1 aliphatic rings. The van der Waals surface area contributed by atoms with E-state index in [1.165, 1.54) is 0 Å². The number of hydrogen-bond donors (Lipinski definition) is 0. The van der Waals surface area contributed by atoms with Gasteiger partial charge < -0.3 is 14.2 Å². The zero-order valence-electron chi connectivity index (χ0n) is 16.4. The van der Waals surface area contributed by atoms with Crippen molar-refractivity contribution in [3.8, 4) is 11.3 Å². The summed E-state index contributed by atoms with van der Waals surface area (Å²) in [6.45, 7) is 4.35. The second-order valence-electron chi connectivity index (χ2n) is 7.40. The Labute approximate surface area is 169 Å². The molecule has 0 saturated carbocycles. The maximum Gasteiger partial charge on any atom is 0.311 e. The van der Waals surface area contributed by atoms with E-state index in [0.717, 1.165) is 22.4 Å². The predicted octanol–water partition coefficient (Wildman–Crippen LogP) is 4.05. The molecule has 0 radical (unpaired) electrons. The molecule has 3 aromatic rings. The van der Waals surface area contributed by atoms with Gasteiger partial charge in [0.05, 0.1) is 5.92 Å². The molecule has 0 bridgehead atoms. The van der Waals surface area contributed by atoms with Crippen molar-refractivity contribution in [2.24, 2.45) is 5.92 Å². The van der Waals surface area contributed by atoms with E-state index in [1.54, 1.807) is 11.0 Å². The Balaban J connectivity index is 1.35. The Morgan fingerprint density at radius 1 is 1.10 bits per heavy atom. The first-order chi connectivity index (χ1) is 14.0. The fraction of sp³-hybridized carbons (Fsp3) is 0.261. The average molecular weight is 390 g/mol. The Bertz CT molecular complexity index is 1020. The summed E-state index contributed by atoms with van der Waals surface area (Å²) in [4.78, 5) is 26.4. The number of benzene rings is 2. The summed E-state index contributed by atoms with van der Waals surface area (Å²) in [5.74, 6) is -0.323. The normalized spacial score (nSPS) is 16.3. The van der Waals surface area contributed by atoms with Crippen LogP contribution in [0.2, 0.25) is 0 Å². The highest BCUT2D eigenvalue weighted by Gasteiger charge is 2.36. The molecule has 1 aliphatic heterocycles. The lowest BCUT2D eigenvalue weighted by atomic mass is 10.1. The molecule has 1 aromatic heterocycles. The highest BCUT2D eigenvalue weighted by Crippen LogP contribution is 2.27. The Morgan fingerprint density at radius 3 is 2.45 bits per heavy atom. The number of rotatable bonds is 5. The summed E-state index contributed by atoms with van der Waals surface area (Å²) in [6, 6.07) is 17.3. The van der Waals surface area contributed by atoms with Gasteiger partial charge in [0.1, 0.15) is 12.3 Å². The third kappa shape index (κ3) is 4.21. The van der Waals surface area contributed by atoms with E-state index in [4.69, 9.17) is 9.26 Å². The molecule has 1 saturated heterocycles. The van der Waals surface area contributed by atoms with E-state index in [0.29, 0.717) is 18.0 Å². The van der Waals surface area contributed by atoms with Crippen molar-refractivity contribution in [1.82, 2.24) is 5.16 Å². The van der Waals surface area contributed by atoms with E-state index < -0.39 is 11.9 Å². The van der Waals surface area contributed by atoms with Crippen molar-refractivity contribution in [2.75, 3.05) is 11.4 Å². The first kappa shape index (κ1) is 18.9. The maximum atomic E-state index is 12.4.